The summed E-state index contributed by atoms with van der Waals surface area (Å²) < 4.78 is 6.06. The third-order valence-corrected chi connectivity index (χ3v) is 3.82. The van der Waals surface area contributed by atoms with Crippen LogP contribution in [0.3, 0.4) is 0 Å². The van der Waals surface area contributed by atoms with Crippen molar-refractivity contribution < 1.29 is 14.1 Å². The summed E-state index contributed by atoms with van der Waals surface area (Å²) in [7, 11) is 0. The Kier molecular flexibility index (Phi) is 4.53. The highest BCUT2D eigenvalue weighted by Crippen LogP contribution is 2.20. The predicted molar refractivity (Wildman–Crippen MR) is 90.4 cm³/mol. The van der Waals surface area contributed by atoms with Gasteiger partial charge in [-0.2, -0.15) is 0 Å². The fraction of sp³-hybridized carbons (Fsp3) is 0.125. The number of nitrogens with zero attached hydrogens (tertiary/aromatic N) is 2. The summed E-state index contributed by atoms with van der Waals surface area (Å²) in [4.78, 5) is 34.3. The maximum absolute atomic E-state index is 12.1. The molecule has 0 atom stereocenters. The number of rotatable bonds is 5. The minimum absolute atomic E-state index is 0.182. The highest BCUT2D eigenvalue weighted by molar-refractivity contribution is 6.30. The van der Waals surface area contributed by atoms with Crippen molar-refractivity contribution in [3.8, 4) is 0 Å². The van der Waals surface area contributed by atoms with E-state index in [1.165, 1.54) is 18.2 Å². The summed E-state index contributed by atoms with van der Waals surface area (Å²) in [5, 5.41) is 14.1. The van der Waals surface area contributed by atoms with Gasteiger partial charge in [0.2, 0.25) is 5.91 Å². The molecule has 3 rings (SSSR count). The lowest BCUT2D eigenvalue weighted by molar-refractivity contribution is -0.384. The Labute approximate surface area is 145 Å². The Hall–Kier alpha value is -3.13. The first-order valence-electron chi connectivity index (χ1n) is 7.23. The topological polar surface area (TPSA) is 107 Å². The van der Waals surface area contributed by atoms with Crippen molar-refractivity contribution in [2.24, 2.45) is 0 Å². The molecular formula is C16H12ClN3O5. The number of nitrogens with one attached hydrogen (secondary N) is 1. The van der Waals surface area contributed by atoms with Crippen molar-refractivity contribution in [1.82, 2.24) is 9.88 Å². The number of aromatic nitrogens is 1. The third-order valence-electron chi connectivity index (χ3n) is 3.57. The SMILES string of the molecule is O=C(Cn1c(=O)oc2ccc([N+](=O)[O-])cc21)NCc1ccc(Cl)cc1. The summed E-state index contributed by atoms with van der Waals surface area (Å²) in [6.07, 6.45) is 0. The number of carbonyl (C=O) groups excluding carboxylic acids is 1. The summed E-state index contributed by atoms with van der Waals surface area (Å²) in [6.45, 7) is -0.0404. The molecule has 0 aliphatic heterocycles. The molecule has 1 heterocycles. The van der Waals surface area contributed by atoms with Crippen molar-refractivity contribution >= 4 is 34.3 Å². The van der Waals surface area contributed by atoms with Gasteiger partial charge in [0.25, 0.3) is 5.69 Å². The Morgan fingerprint density at radius 2 is 1.96 bits per heavy atom. The van der Waals surface area contributed by atoms with E-state index in [1.807, 2.05) is 0 Å². The average Bonchev–Trinajstić information content (AvgIpc) is 2.89. The third kappa shape index (κ3) is 3.69. The zero-order chi connectivity index (χ0) is 18.0. The van der Waals surface area contributed by atoms with Gasteiger partial charge in [-0.05, 0) is 23.8 Å². The number of nitro benzene ring substituents is 1. The Morgan fingerprint density at radius 3 is 2.64 bits per heavy atom. The van der Waals surface area contributed by atoms with Crippen molar-refractivity contribution in [1.29, 1.82) is 0 Å². The molecule has 2 aromatic carbocycles. The molecule has 1 amide bonds. The highest BCUT2D eigenvalue weighted by Gasteiger charge is 2.16. The van der Waals surface area contributed by atoms with Crippen LogP contribution in [0.1, 0.15) is 5.56 Å². The van der Waals surface area contributed by atoms with Gasteiger partial charge in [0, 0.05) is 23.7 Å². The molecule has 0 fully saturated rings. The van der Waals surface area contributed by atoms with Crippen LogP contribution < -0.4 is 11.1 Å². The van der Waals surface area contributed by atoms with E-state index in [1.54, 1.807) is 24.3 Å². The predicted octanol–water partition coefficient (Wildman–Crippen LogP) is 2.47. The van der Waals surface area contributed by atoms with Crippen molar-refractivity contribution in [3.05, 3.63) is 73.7 Å². The lowest BCUT2D eigenvalue weighted by Gasteiger charge is -2.06. The maximum Gasteiger partial charge on any atom is 0.420 e. The van der Waals surface area contributed by atoms with Gasteiger partial charge in [-0.15, -0.1) is 0 Å². The number of hydrogen-bond acceptors (Lipinski definition) is 5. The van der Waals surface area contributed by atoms with Crippen LogP contribution in [0, 0.1) is 10.1 Å². The molecule has 8 nitrogen and oxygen atoms in total. The maximum atomic E-state index is 12.1. The van der Waals surface area contributed by atoms with Crippen LogP contribution >= 0.6 is 11.6 Å². The molecule has 0 aliphatic rings. The van der Waals surface area contributed by atoms with Crippen molar-refractivity contribution in [2.75, 3.05) is 0 Å². The minimum Gasteiger partial charge on any atom is -0.408 e. The molecule has 0 saturated carbocycles. The Bertz CT molecular complexity index is 1010. The summed E-state index contributed by atoms with van der Waals surface area (Å²) >= 11 is 5.79. The van der Waals surface area contributed by atoms with Crippen LogP contribution in [0.5, 0.6) is 0 Å². The number of oxazole rings is 1. The molecule has 0 spiro atoms. The molecule has 128 valence electrons. The van der Waals surface area contributed by atoms with Gasteiger partial charge in [0.05, 0.1) is 10.4 Å². The Morgan fingerprint density at radius 1 is 1.24 bits per heavy atom. The molecule has 0 radical (unpaired) electrons. The summed E-state index contributed by atoms with van der Waals surface area (Å²) in [5.41, 5.74) is 1.03. The largest absolute Gasteiger partial charge is 0.420 e. The molecule has 3 aromatic rings. The first-order valence-corrected chi connectivity index (χ1v) is 7.61. The second-order valence-corrected chi connectivity index (χ2v) is 5.70. The van der Waals surface area contributed by atoms with Crippen LogP contribution in [-0.2, 0) is 17.9 Å². The van der Waals surface area contributed by atoms with E-state index >= 15 is 0 Å². The van der Waals surface area contributed by atoms with Crippen LogP contribution in [0.2, 0.25) is 5.02 Å². The summed E-state index contributed by atoms with van der Waals surface area (Å²) in [6, 6.07) is 10.7. The number of halogens is 1. The standard InChI is InChI=1S/C16H12ClN3O5/c17-11-3-1-10(2-4-11)8-18-15(21)9-19-13-7-12(20(23)24)5-6-14(13)25-16(19)22/h1-7H,8-9H2,(H,18,21). The number of benzene rings is 2. The van der Waals surface area contributed by atoms with E-state index in [-0.39, 0.29) is 29.9 Å². The zero-order valence-electron chi connectivity index (χ0n) is 12.8. The fourth-order valence-corrected chi connectivity index (χ4v) is 2.44. The van der Waals surface area contributed by atoms with Gasteiger partial charge in [-0.25, -0.2) is 4.79 Å². The monoisotopic (exact) mass is 361 g/mol. The second-order valence-electron chi connectivity index (χ2n) is 5.27. The van der Waals surface area contributed by atoms with Gasteiger partial charge < -0.3 is 9.73 Å². The number of nitro groups is 1. The number of hydrogen-bond donors (Lipinski definition) is 1. The van der Waals surface area contributed by atoms with Crippen LogP contribution in [0.15, 0.2) is 51.7 Å². The normalized spacial score (nSPS) is 10.8. The molecule has 1 aromatic heterocycles. The average molecular weight is 362 g/mol. The zero-order valence-corrected chi connectivity index (χ0v) is 13.5. The Balaban J connectivity index is 1.77. The van der Waals surface area contributed by atoms with E-state index in [4.69, 9.17) is 16.0 Å². The molecule has 0 unspecified atom stereocenters. The van der Waals surface area contributed by atoms with Crippen LogP contribution in [-0.4, -0.2) is 15.4 Å². The number of amides is 1. The fourth-order valence-electron chi connectivity index (χ4n) is 2.32. The first kappa shape index (κ1) is 16.7. The quantitative estimate of drug-likeness (QED) is 0.554. The number of fused-ring (bicyclic) bond motifs is 1. The molecule has 25 heavy (non-hydrogen) atoms. The second kappa shape index (κ2) is 6.78. The van der Waals surface area contributed by atoms with Gasteiger partial charge >= 0.3 is 5.76 Å². The molecule has 0 aliphatic carbocycles. The van der Waals surface area contributed by atoms with E-state index < -0.39 is 16.6 Å². The van der Waals surface area contributed by atoms with Crippen LogP contribution in [0.4, 0.5) is 5.69 Å². The number of non-ortho nitro benzene ring substituents is 1. The van der Waals surface area contributed by atoms with E-state index in [9.17, 15) is 19.7 Å². The van der Waals surface area contributed by atoms with Crippen molar-refractivity contribution in [3.63, 3.8) is 0 Å². The summed E-state index contributed by atoms with van der Waals surface area (Å²) in [5.74, 6) is -1.18. The van der Waals surface area contributed by atoms with Gasteiger partial charge in [-0.1, -0.05) is 23.7 Å². The van der Waals surface area contributed by atoms with Crippen molar-refractivity contribution in [2.45, 2.75) is 13.1 Å². The smallest absolute Gasteiger partial charge is 0.408 e. The molecule has 9 heteroatoms. The van der Waals surface area contributed by atoms with E-state index in [2.05, 4.69) is 5.32 Å². The highest BCUT2D eigenvalue weighted by atomic mass is 35.5. The molecule has 0 bridgehead atoms. The minimum atomic E-state index is -0.753. The van der Waals surface area contributed by atoms with Gasteiger partial charge in [0.15, 0.2) is 5.58 Å². The van der Waals surface area contributed by atoms with E-state index in [0.717, 1.165) is 10.1 Å². The first-order chi connectivity index (χ1) is 11.9. The van der Waals surface area contributed by atoms with Gasteiger partial charge in [-0.3, -0.25) is 19.5 Å². The van der Waals surface area contributed by atoms with Crippen LogP contribution in [0.25, 0.3) is 11.1 Å². The lowest BCUT2D eigenvalue weighted by Crippen LogP contribution is -2.30. The number of carbonyl (C=O) groups is 1. The molecule has 0 saturated heterocycles. The molecular weight excluding hydrogens is 350 g/mol. The lowest BCUT2D eigenvalue weighted by atomic mass is 10.2. The molecule has 1 N–H and O–H groups in total. The van der Waals surface area contributed by atoms with E-state index in [0.29, 0.717) is 5.02 Å². The van der Waals surface area contributed by atoms with Gasteiger partial charge in [0.1, 0.15) is 6.54 Å².